The Morgan fingerprint density at radius 3 is 2.68 bits per heavy atom. The van der Waals surface area contributed by atoms with Gasteiger partial charge in [0.2, 0.25) is 0 Å². The van der Waals surface area contributed by atoms with Crippen LogP contribution in [0.5, 0.6) is 0 Å². The van der Waals surface area contributed by atoms with E-state index >= 15 is 0 Å². The van der Waals surface area contributed by atoms with E-state index in [9.17, 15) is 9.18 Å². The summed E-state index contributed by atoms with van der Waals surface area (Å²) in [7, 11) is 1.69. The molecule has 0 unspecified atom stereocenters. The van der Waals surface area contributed by atoms with Gasteiger partial charge < -0.3 is 15.4 Å². The van der Waals surface area contributed by atoms with Crippen molar-refractivity contribution in [2.45, 2.75) is 19.8 Å². The van der Waals surface area contributed by atoms with Crippen LogP contribution in [0, 0.1) is 18.2 Å². The lowest BCUT2D eigenvalue weighted by Gasteiger charge is -2.37. The van der Waals surface area contributed by atoms with Crippen molar-refractivity contribution in [3.05, 3.63) is 35.1 Å². The molecule has 1 aromatic rings. The smallest absolute Gasteiger partial charge is 0.251 e. The van der Waals surface area contributed by atoms with Gasteiger partial charge in [-0.2, -0.15) is 0 Å². The van der Waals surface area contributed by atoms with Gasteiger partial charge in [-0.25, -0.2) is 4.39 Å². The maximum Gasteiger partial charge on any atom is 0.251 e. The first-order valence-corrected chi connectivity index (χ1v) is 7.30. The lowest BCUT2D eigenvalue weighted by atomic mass is 9.79. The second-order valence-corrected chi connectivity index (χ2v) is 5.82. The van der Waals surface area contributed by atoms with E-state index in [1.165, 1.54) is 18.2 Å². The Balaban J connectivity index is 0.00000242. The van der Waals surface area contributed by atoms with Crippen molar-refractivity contribution in [1.29, 1.82) is 0 Å². The molecule has 2 N–H and O–H groups in total. The van der Waals surface area contributed by atoms with Crippen LogP contribution >= 0.6 is 12.4 Å². The van der Waals surface area contributed by atoms with E-state index in [2.05, 4.69) is 10.6 Å². The molecule has 1 saturated heterocycles. The number of benzene rings is 1. The molecular weight excluding hydrogens is 307 g/mol. The highest BCUT2D eigenvalue weighted by Crippen LogP contribution is 2.28. The van der Waals surface area contributed by atoms with E-state index in [4.69, 9.17) is 4.74 Å². The van der Waals surface area contributed by atoms with Crippen LogP contribution in [0.2, 0.25) is 0 Å². The molecule has 1 aliphatic heterocycles. The third-order valence-corrected chi connectivity index (χ3v) is 4.17. The number of piperidine rings is 1. The number of methoxy groups -OCH3 is 1. The summed E-state index contributed by atoms with van der Waals surface area (Å²) in [5.74, 6) is -0.472. The van der Waals surface area contributed by atoms with Crippen molar-refractivity contribution >= 4 is 18.3 Å². The maximum atomic E-state index is 13.1. The summed E-state index contributed by atoms with van der Waals surface area (Å²) in [6.07, 6.45) is 1.95. The molecule has 1 fully saturated rings. The van der Waals surface area contributed by atoms with Gasteiger partial charge in [0, 0.05) is 24.6 Å². The van der Waals surface area contributed by atoms with Crippen molar-refractivity contribution in [1.82, 2.24) is 10.6 Å². The molecular formula is C16H24ClFN2O2. The Morgan fingerprint density at radius 2 is 2.09 bits per heavy atom. The summed E-state index contributed by atoms with van der Waals surface area (Å²) in [6, 6.07) is 4.23. The number of ether oxygens (including phenoxy) is 1. The first-order valence-electron chi connectivity index (χ1n) is 7.30. The number of carbonyl (C=O) groups is 1. The van der Waals surface area contributed by atoms with Gasteiger partial charge in [0.05, 0.1) is 6.61 Å². The van der Waals surface area contributed by atoms with Crippen molar-refractivity contribution < 1.29 is 13.9 Å². The van der Waals surface area contributed by atoms with Gasteiger partial charge in [-0.3, -0.25) is 4.79 Å². The lowest BCUT2D eigenvalue weighted by Crippen LogP contribution is -2.47. The molecule has 0 aromatic heterocycles. The SMILES string of the molecule is COCC1(CNC(=O)c2ccc(F)cc2C)CCNCC1.Cl. The van der Waals surface area contributed by atoms with E-state index in [1.54, 1.807) is 14.0 Å². The minimum atomic E-state index is -0.321. The number of aryl methyl sites for hydroxylation is 1. The molecule has 1 aliphatic rings. The molecule has 1 amide bonds. The molecule has 1 heterocycles. The second kappa shape index (κ2) is 8.46. The molecule has 4 nitrogen and oxygen atoms in total. The summed E-state index contributed by atoms with van der Waals surface area (Å²) >= 11 is 0. The number of carbonyl (C=O) groups excluding carboxylic acids is 1. The summed E-state index contributed by atoms with van der Waals surface area (Å²) < 4.78 is 18.4. The Bertz CT molecular complexity index is 499. The van der Waals surface area contributed by atoms with E-state index in [-0.39, 0.29) is 29.5 Å². The van der Waals surface area contributed by atoms with Crippen molar-refractivity contribution in [2.24, 2.45) is 5.41 Å². The highest BCUT2D eigenvalue weighted by molar-refractivity contribution is 5.95. The maximum absolute atomic E-state index is 13.1. The molecule has 1 aromatic carbocycles. The zero-order chi connectivity index (χ0) is 15.3. The van der Waals surface area contributed by atoms with Crippen molar-refractivity contribution in [3.8, 4) is 0 Å². The summed E-state index contributed by atoms with van der Waals surface area (Å²) in [5, 5.41) is 6.31. The van der Waals surface area contributed by atoms with Crippen LogP contribution in [0.4, 0.5) is 4.39 Å². The highest BCUT2D eigenvalue weighted by Gasteiger charge is 2.32. The van der Waals surface area contributed by atoms with Crippen LogP contribution in [0.25, 0.3) is 0 Å². The topological polar surface area (TPSA) is 50.4 Å². The van der Waals surface area contributed by atoms with Gasteiger partial charge in [-0.1, -0.05) is 0 Å². The zero-order valence-corrected chi connectivity index (χ0v) is 13.9. The Morgan fingerprint density at radius 1 is 1.41 bits per heavy atom. The fourth-order valence-corrected chi connectivity index (χ4v) is 2.88. The van der Waals surface area contributed by atoms with Gasteiger partial charge >= 0.3 is 0 Å². The fraction of sp³-hybridized carbons (Fsp3) is 0.562. The largest absolute Gasteiger partial charge is 0.384 e. The quantitative estimate of drug-likeness (QED) is 0.871. The summed E-state index contributed by atoms with van der Waals surface area (Å²) in [5.41, 5.74) is 1.17. The van der Waals surface area contributed by atoms with Crippen LogP contribution in [-0.4, -0.2) is 39.3 Å². The van der Waals surface area contributed by atoms with E-state index < -0.39 is 0 Å². The van der Waals surface area contributed by atoms with E-state index in [0.29, 0.717) is 24.3 Å². The third kappa shape index (κ3) is 4.66. The fourth-order valence-electron chi connectivity index (χ4n) is 2.88. The average molecular weight is 331 g/mol. The molecule has 0 spiro atoms. The van der Waals surface area contributed by atoms with Crippen LogP contribution < -0.4 is 10.6 Å². The molecule has 0 saturated carbocycles. The summed E-state index contributed by atoms with van der Waals surface area (Å²) in [6.45, 7) is 4.84. The molecule has 0 aliphatic carbocycles. The predicted octanol–water partition coefficient (Wildman–Crippen LogP) is 2.30. The first-order chi connectivity index (χ1) is 10.1. The molecule has 124 valence electrons. The van der Waals surface area contributed by atoms with Crippen LogP contribution in [0.1, 0.15) is 28.8 Å². The number of hydrogen-bond acceptors (Lipinski definition) is 3. The van der Waals surface area contributed by atoms with Gasteiger partial charge in [0.15, 0.2) is 0 Å². The number of rotatable bonds is 5. The Kier molecular flexibility index (Phi) is 7.26. The van der Waals surface area contributed by atoms with Crippen LogP contribution in [-0.2, 0) is 4.74 Å². The minimum absolute atomic E-state index is 0. The number of amides is 1. The van der Waals surface area contributed by atoms with E-state index in [1.807, 2.05) is 0 Å². The van der Waals surface area contributed by atoms with Gasteiger partial charge in [-0.15, -0.1) is 12.4 Å². The molecule has 0 radical (unpaired) electrons. The van der Waals surface area contributed by atoms with Crippen LogP contribution in [0.15, 0.2) is 18.2 Å². The monoisotopic (exact) mass is 330 g/mol. The molecule has 6 heteroatoms. The second-order valence-electron chi connectivity index (χ2n) is 5.82. The highest BCUT2D eigenvalue weighted by atomic mass is 35.5. The standard InChI is InChI=1S/C16H23FN2O2.ClH/c1-12-9-13(17)3-4-14(12)15(20)19-10-16(11-21-2)5-7-18-8-6-16;/h3-4,9,18H,5-8,10-11H2,1-2H3,(H,19,20);1H. The Hall–Kier alpha value is -1.17. The third-order valence-electron chi connectivity index (χ3n) is 4.17. The lowest BCUT2D eigenvalue weighted by molar-refractivity contribution is 0.0511. The molecule has 22 heavy (non-hydrogen) atoms. The zero-order valence-electron chi connectivity index (χ0n) is 13.1. The van der Waals surface area contributed by atoms with Crippen LogP contribution in [0.3, 0.4) is 0 Å². The number of halogens is 2. The number of nitrogens with one attached hydrogen (secondary N) is 2. The van der Waals surface area contributed by atoms with Crippen molar-refractivity contribution in [3.63, 3.8) is 0 Å². The van der Waals surface area contributed by atoms with Crippen molar-refractivity contribution in [2.75, 3.05) is 33.4 Å². The van der Waals surface area contributed by atoms with E-state index in [0.717, 1.165) is 25.9 Å². The first kappa shape index (κ1) is 18.9. The van der Waals surface area contributed by atoms with Gasteiger partial charge in [0.1, 0.15) is 5.82 Å². The normalized spacial score (nSPS) is 16.7. The van der Waals surface area contributed by atoms with Gasteiger partial charge in [0.25, 0.3) is 5.91 Å². The Labute approximate surface area is 137 Å². The molecule has 2 rings (SSSR count). The minimum Gasteiger partial charge on any atom is -0.384 e. The average Bonchev–Trinajstić information content (AvgIpc) is 2.46. The molecule has 0 bridgehead atoms. The summed E-state index contributed by atoms with van der Waals surface area (Å²) in [4.78, 5) is 12.3. The predicted molar refractivity (Wildman–Crippen MR) is 87.1 cm³/mol. The van der Waals surface area contributed by atoms with Gasteiger partial charge in [-0.05, 0) is 56.6 Å². The molecule has 0 atom stereocenters. The number of hydrogen-bond donors (Lipinski definition) is 2.